The molecule has 0 spiro atoms. The molecule has 0 unspecified atom stereocenters. The third-order valence-corrected chi connectivity index (χ3v) is 2.78. The van der Waals surface area contributed by atoms with E-state index in [-0.39, 0.29) is 5.91 Å². The van der Waals surface area contributed by atoms with Crippen LogP contribution >= 0.6 is 0 Å². The Hall–Kier alpha value is -2.43. The normalized spacial score (nSPS) is 10.1. The predicted molar refractivity (Wildman–Crippen MR) is 79.9 cm³/mol. The average Bonchev–Trinajstić information content (AvgIpc) is 2.48. The van der Waals surface area contributed by atoms with Crippen LogP contribution in [0.2, 0.25) is 0 Å². The molecule has 0 radical (unpaired) electrons. The summed E-state index contributed by atoms with van der Waals surface area (Å²) >= 11 is 0. The first-order chi connectivity index (χ1) is 9.70. The fourth-order valence-corrected chi connectivity index (χ4v) is 1.70. The van der Waals surface area contributed by atoms with Crippen LogP contribution in [0.25, 0.3) is 0 Å². The van der Waals surface area contributed by atoms with Crippen molar-refractivity contribution in [1.82, 2.24) is 9.97 Å². The van der Waals surface area contributed by atoms with E-state index in [1.54, 1.807) is 12.3 Å². The first-order valence-electron chi connectivity index (χ1n) is 6.64. The maximum absolute atomic E-state index is 12.2. The van der Waals surface area contributed by atoms with Crippen molar-refractivity contribution in [3.63, 3.8) is 0 Å². The number of aryl methyl sites for hydroxylation is 1. The number of hydrogen-bond donors (Lipinski definition) is 2. The van der Waals surface area contributed by atoms with Gasteiger partial charge in [-0.1, -0.05) is 19.1 Å². The van der Waals surface area contributed by atoms with Gasteiger partial charge in [0.2, 0.25) is 0 Å². The van der Waals surface area contributed by atoms with Crippen LogP contribution in [0.1, 0.15) is 29.4 Å². The minimum absolute atomic E-state index is 0.257. The monoisotopic (exact) mass is 270 g/mol. The molecule has 0 saturated heterocycles. The van der Waals surface area contributed by atoms with E-state index in [1.807, 2.05) is 31.2 Å². The number of amides is 1. The van der Waals surface area contributed by atoms with E-state index in [2.05, 4.69) is 27.5 Å². The molecule has 0 fully saturated rings. The van der Waals surface area contributed by atoms with Crippen LogP contribution < -0.4 is 10.6 Å². The second kappa shape index (κ2) is 6.65. The highest BCUT2D eigenvalue weighted by atomic mass is 16.1. The molecule has 0 aliphatic heterocycles. The predicted octanol–water partition coefficient (Wildman–Crippen LogP) is 2.86. The van der Waals surface area contributed by atoms with E-state index in [4.69, 9.17) is 0 Å². The largest absolute Gasteiger partial charge is 0.370 e. The van der Waals surface area contributed by atoms with Crippen molar-refractivity contribution in [3.8, 4) is 0 Å². The van der Waals surface area contributed by atoms with Gasteiger partial charge in [-0.2, -0.15) is 0 Å². The van der Waals surface area contributed by atoms with Crippen molar-refractivity contribution < 1.29 is 4.79 Å². The first-order valence-corrected chi connectivity index (χ1v) is 6.64. The lowest BCUT2D eigenvalue weighted by Crippen LogP contribution is -2.16. The highest BCUT2D eigenvalue weighted by molar-refractivity contribution is 6.02. The third kappa shape index (κ3) is 3.54. The van der Waals surface area contributed by atoms with E-state index in [0.717, 1.165) is 18.5 Å². The summed E-state index contributed by atoms with van der Waals surface area (Å²) in [6.07, 6.45) is 2.65. The average molecular weight is 270 g/mol. The summed E-state index contributed by atoms with van der Waals surface area (Å²) in [6.45, 7) is 4.81. The number of aromatic nitrogens is 2. The van der Waals surface area contributed by atoms with Crippen molar-refractivity contribution in [2.24, 2.45) is 0 Å². The lowest BCUT2D eigenvalue weighted by molar-refractivity contribution is 0.102. The van der Waals surface area contributed by atoms with Gasteiger partial charge in [-0.25, -0.2) is 9.97 Å². The van der Waals surface area contributed by atoms with Crippen LogP contribution in [0.15, 0.2) is 36.5 Å². The number of carbonyl (C=O) groups is 1. The highest BCUT2D eigenvalue weighted by Gasteiger charge is 2.10. The maximum Gasteiger partial charge on any atom is 0.275 e. The number of hydrogen-bond acceptors (Lipinski definition) is 4. The molecule has 20 heavy (non-hydrogen) atoms. The van der Waals surface area contributed by atoms with Gasteiger partial charge >= 0.3 is 0 Å². The Morgan fingerprint density at radius 1 is 1.25 bits per heavy atom. The SMILES string of the molecule is CCCNc1cccc(C(=O)Nc2ncccc2C)n1. The van der Waals surface area contributed by atoms with Crippen molar-refractivity contribution in [2.45, 2.75) is 20.3 Å². The van der Waals surface area contributed by atoms with Crippen LogP contribution in [0.4, 0.5) is 11.6 Å². The number of rotatable bonds is 5. The zero-order valence-electron chi connectivity index (χ0n) is 11.7. The molecule has 2 heterocycles. The molecule has 0 aliphatic carbocycles. The Morgan fingerprint density at radius 3 is 2.85 bits per heavy atom. The molecule has 5 nitrogen and oxygen atoms in total. The lowest BCUT2D eigenvalue weighted by Gasteiger charge is -2.08. The Kier molecular flexibility index (Phi) is 4.65. The molecular weight excluding hydrogens is 252 g/mol. The molecule has 0 aliphatic rings. The number of pyridine rings is 2. The molecule has 1 amide bonds. The zero-order valence-corrected chi connectivity index (χ0v) is 11.7. The number of nitrogens with one attached hydrogen (secondary N) is 2. The molecule has 2 N–H and O–H groups in total. The number of anilines is 2. The van der Waals surface area contributed by atoms with Gasteiger partial charge < -0.3 is 10.6 Å². The first kappa shape index (κ1) is 14.0. The zero-order chi connectivity index (χ0) is 14.4. The smallest absolute Gasteiger partial charge is 0.275 e. The van der Waals surface area contributed by atoms with Crippen LogP contribution in [0.3, 0.4) is 0 Å². The highest BCUT2D eigenvalue weighted by Crippen LogP contribution is 2.11. The molecule has 0 bridgehead atoms. The third-order valence-electron chi connectivity index (χ3n) is 2.78. The summed E-state index contributed by atoms with van der Waals surface area (Å²) in [7, 11) is 0. The quantitative estimate of drug-likeness (QED) is 0.876. The molecule has 2 aromatic rings. The second-order valence-corrected chi connectivity index (χ2v) is 4.46. The van der Waals surface area contributed by atoms with Crippen LogP contribution in [0.5, 0.6) is 0 Å². The van der Waals surface area contributed by atoms with Crippen molar-refractivity contribution in [1.29, 1.82) is 0 Å². The molecule has 0 saturated carbocycles. The Balaban J connectivity index is 2.11. The van der Waals surface area contributed by atoms with E-state index in [0.29, 0.717) is 17.3 Å². The van der Waals surface area contributed by atoms with Gasteiger partial charge in [-0.15, -0.1) is 0 Å². The minimum atomic E-state index is -0.257. The molecular formula is C15H18N4O. The second-order valence-electron chi connectivity index (χ2n) is 4.46. The standard InChI is InChI=1S/C15H18N4O/c1-3-9-16-13-8-4-7-12(18-13)15(20)19-14-11(2)6-5-10-17-14/h4-8,10H,3,9H2,1-2H3,(H,16,18)(H,17,19,20). The molecule has 0 aromatic carbocycles. The fourth-order valence-electron chi connectivity index (χ4n) is 1.70. The van der Waals surface area contributed by atoms with Gasteiger partial charge in [-0.3, -0.25) is 4.79 Å². The Morgan fingerprint density at radius 2 is 2.10 bits per heavy atom. The molecule has 104 valence electrons. The number of nitrogens with zero attached hydrogens (tertiary/aromatic N) is 2. The van der Waals surface area contributed by atoms with E-state index < -0.39 is 0 Å². The van der Waals surface area contributed by atoms with Gasteiger partial charge in [-0.05, 0) is 37.1 Å². The fraction of sp³-hybridized carbons (Fsp3) is 0.267. The van der Waals surface area contributed by atoms with Crippen LogP contribution in [0, 0.1) is 6.92 Å². The topological polar surface area (TPSA) is 66.9 Å². The number of carbonyl (C=O) groups excluding carboxylic acids is 1. The summed E-state index contributed by atoms with van der Waals surface area (Å²) in [4.78, 5) is 20.6. The van der Waals surface area contributed by atoms with Crippen molar-refractivity contribution >= 4 is 17.5 Å². The van der Waals surface area contributed by atoms with Crippen LogP contribution in [-0.4, -0.2) is 22.4 Å². The van der Waals surface area contributed by atoms with E-state index >= 15 is 0 Å². The van der Waals surface area contributed by atoms with Gasteiger partial charge in [0.05, 0.1) is 0 Å². The maximum atomic E-state index is 12.2. The van der Waals surface area contributed by atoms with Gasteiger partial charge in [0.15, 0.2) is 0 Å². The molecule has 2 aromatic heterocycles. The summed E-state index contributed by atoms with van der Waals surface area (Å²) in [5, 5.41) is 5.93. The summed E-state index contributed by atoms with van der Waals surface area (Å²) in [6, 6.07) is 9.07. The van der Waals surface area contributed by atoms with Crippen LogP contribution in [-0.2, 0) is 0 Å². The molecule has 5 heteroatoms. The molecule has 2 rings (SSSR count). The van der Waals surface area contributed by atoms with Gasteiger partial charge in [0.25, 0.3) is 5.91 Å². The van der Waals surface area contributed by atoms with E-state index in [1.165, 1.54) is 0 Å². The van der Waals surface area contributed by atoms with Crippen molar-refractivity contribution in [3.05, 3.63) is 47.8 Å². The lowest BCUT2D eigenvalue weighted by atomic mass is 10.2. The van der Waals surface area contributed by atoms with E-state index in [9.17, 15) is 4.79 Å². The minimum Gasteiger partial charge on any atom is -0.370 e. The van der Waals surface area contributed by atoms with Gasteiger partial charge in [0, 0.05) is 12.7 Å². The van der Waals surface area contributed by atoms with Gasteiger partial charge in [0.1, 0.15) is 17.3 Å². The van der Waals surface area contributed by atoms with Crippen molar-refractivity contribution in [2.75, 3.05) is 17.2 Å². The summed E-state index contributed by atoms with van der Waals surface area (Å²) in [5.74, 6) is 1.01. The summed E-state index contributed by atoms with van der Waals surface area (Å²) < 4.78 is 0. The Bertz CT molecular complexity index is 598. The Labute approximate surface area is 118 Å². The molecule has 0 atom stereocenters. The summed E-state index contributed by atoms with van der Waals surface area (Å²) in [5.41, 5.74) is 1.29.